The van der Waals surface area contributed by atoms with Crippen LogP contribution in [0.2, 0.25) is 0 Å². The molecule has 0 aliphatic rings. The third-order valence-corrected chi connectivity index (χ3v) is 0.971. The Hall–Kier alpha value is -0.990. The van der Waals surface area contributed by atoms with Crippen LogP contribution < -0.4 is 5.73 Å². The molecule has 0 saturated carbocycles. The largest absolute Gasteiger partial charge is 0.501 e. The second-order valence-corrected chi connectivity index (χ2v) is 2.04. The zero-order valence-corrected chi connectivity index (χ0v) is 6.39. The van der Waals surface area contributed by atoms with Crippen LogP contribution in [0.15, 0.2) is 11.8 Å². The van der Waals surface area contributed by atoms with Crippen molar-refractivity contribution >= 4 is 5.91 Å². The fourth-order valence-electron chi connectivity index (χ4n) is 0.360. The van der Waals surface area contributed by atoms with Crippen molar-refractivity contribution in [2.45, 2.75) is 20.3 Å². The Bertz CT molecular complexity index is 141. The summed E-state index contributed by atoms with van der Waals surface area (Å²) in [6, 6.07) is 0. The number of carbonyl (C=O) groups is 1. The minimum absolute atomic E-state index is 0.434. The summed E-state index contributed by atoms with van der Waals surface area (Å²) in [7, 11) is 0. The average molecular weight is 143 g/mol. The van der Waals surface area contributed by atoms with E-state index in [1.54, 1.807) is 6.92 Å². The predicted octanol–water partition coefficient (Wildman–Crippen LogP) is 0.802. The quantitative estimate of drug-likeness (QED) is 0.359. The van der Waals surface area contributed by atoms with Gasteiger partial charge in [-0.05, 0) is 13.3 Å². The summed E-state index contributed by atoms with van der Waals surface area (Å²) < 4.78 is 4.94. The summed E-state index contributed by atoms with van der Waals surface area (Å²) in [5.74, 6) is -0.434. The van der Waals surface area contributed by atoms with Gasteiger partial charge in [0.1, 0.15) is 0 Å². The van der Waals surface area contributed by atoms with Gasteiger partial charge in [0, 0.05) is 5.57 Å². The number of hydrogen-bond acceptors (Lipinski definition) is 2. The van der Waals surface area contributed by atoms with Crippen LogP contribution in [0.5, 0.6) is 0 Å². The van der Waals surface area contributed by atoms with Crippen molar-refractivity contribution in [3.8, 4) is 0 Å². The van der Waals surface area contributed by atoms with E-state index in [1.165, 1.54) is 6.26 Å². The molecule has 1 amide bonds. The summed E-state index contributed by atoms with van der Waals surface area (Å²) in [5.41, 5.74) is 5.38. The molecular formula is C7H13NO2. The number of primary amides is 1. The lowest BCUT2D eigenvalue weighted by Gasteiger charge is -1.97. The van der Waals surface area contributed by atoms with Crippen molar-refractivity contribution in [1.82, 2.24) is 0 Å². The molecule has 0 unspecified atom stereocenters. The van der Waals surface area contributed by atoms with Gasteiger partial charge < -0.3 is 10.5 Å². The number of carbonyl (C=O) groups excluding carboxylic acids is 1. The summed E-state index contributed by atoms with van der Waals surface area (Å²) in [6.07, 6.45) is 2.33. The van der Waals surface area contributed by atoms with E-state index in [2.05, 4.69) is 0 Å². The summed E-state index contributed by atoms with van der Waals surface area (Å²) in [4.78, 5) is 10.4. The van der Waals surface area contributed by atoms with E-state index in [-0.39, 0.29) is 0 Å². The number of ether oxygens (including phenoxy) is 1. The van der Waals surface area contributed by atoms with Gasteiger partial charge in [-0.15, -0.1) is 0 Å². The molecule has 0 atom stereocenters. The molecule has 3 heteroatoms. The second-order valence-electron chi connectivity index (χ2n) is 2.04. The van der Waals surface area contributed by atoms with E-state index in [1.807, 2.05) is 6.92 Å². The molecule has 0 saturated heterocycles. The van der Waals surface area contributed by atoms with Gasteiger partial charge in [-0.3, -0.25) is 4.79 Å². The third kappa shape index (κ3) is 3.95. The molecule has 0 aromatic rings. The molecule has 0 heterocycles. The third-order valence-electron chi connectivity index (χ3n) is 0.971. The molecule has 0 radical (unpaired) electrons. The summed E-state index contributed by atoms with van der Waals surface area (Å²) in [6.45, 7) is 4.25. The molecule has 0 rings (SSSR count). The highest BCUT2D eigenvalue weighted by Gasteiger charge is 1.94. The van der Waals surface area contributed by atoms with Gasteiger partial charge in [0.15, 0.2) is 0 Å². The molecule has 0 spiro atoms. The van der Waals surface area contributed by atoms with Crippen molar-refractivity contribution < 1.29 is 9.53 Å². The van der Waals surface area contributed by atoms with Gasteiger partial charge in [0.25, 0.3) is 0 Å². The van der Waals surface area contributed by atoms with Gasteiger partial charge >= 0.3 is 0 Å². The Labute approximate surface area is 60.9 Å². The molecule has 2 N–H and O–H groups in total. The van der Waals surface area contributed by atoms with Crippen molar-refractivity contribution in [3.05, 3.63) is 11.8 Å². The van der Waals surface area contributed by atoms with Crippen LogP contribution in [0.1, 0.15) is 20.3 Å². The lowest BCUT2D eigenvalue weighted by Crippen LogP contribution is -2.11. The van der Waals surface area contributed by atoms with Crippen LogP contribution in [0.4, 0.5) is 0 Å². The molecule has 10 heavy (non-hydrogen) atoms. The van der Waals surface area contributed by atoms with Crippen molar-refractivity contribution in [3.63, 3.8) is 0 Å². The predicted molar refractivity (Wildman–Crippen MR) is 39.2 cm³/mol. The highest BCUT2D eigenvalue weighted by atomic mass is 16.5. The van der Waals surface area contributed by atoms with Crippen LogP contribution >= 0.6 is 0 Å². The average Bonchev–Trinajstić information content (AvgIpc) is 1.88. The Balaban J connectivity index is 3.58. The highest BCUT2D eigenvalue weighted by molar-refractivity contribution is 5.90. The number of amides is 1. The van der Waals surface area contributed by atoms with Crippen molar-refractivity contribution in [1.29, 1.82) is 0 Å². The second kappa shape index (κ2) is 4.85. The minimum Gasteiger partial charge on any atom is -0.501 e. The molecule has 58 valence electrons. The molecule has 0 aromatic heterocycles. The first-order chi connectivity index (χ1) is 4.68. The van der Waals surface area contributed by atoms with Crippen LogP contribution in [0.25, 0.3) is 0 Å². The molecule has 0 bridgehead atoms. The molecular weight excluding hydrogens is 130 g/mol. The maximum Gasteiger partial charge on any atom is 0.247 e. The van der Waals surface area contributed by atoms with Gasteiger partial charge in [0.05, 0.1) is 12.9 Å². The molecule has 0 aliphatic heterocycles. The van der Waals surface area contributed by atoms with Gasteiger partial charge in [-0.1, -0.05) is 6.92 Å². The van der Waals surface area contributed by atoms with Gasteiger partial charge in [-0.25, -0.2) is 0 Å². The van der Waals surface area contributed by atoms with Crippen LogP contribution in [-0.4, -0.2) is 12.5 Å². The first-order valence-corrected chi connectivity index (χ1v) is 3.26. The maximum absolute atomic E-state index is 10.4. The Morgan fingerprint density at radius 3 is 2.70 bits per heavy atom. The van der Waals surface area contributed by atoms with Crippen molar-refractivity contribution in [2.75, 3.05) is 6.61 Å². The molecule has 0 aliphatic carbocycles. The SMILES string of the molecule is CCCO/C=C(\C)C(N)=O. The van der Waals surface area contributed by atoms with Gasteiger partial charge in [0.2, 0.25) is 5.91 Å². The van der Waals surface area contributed by atoms with E-state index in [9.17, 15) is 4.79 Å². The summed E-state index contributed by atoms with van der Waals surface area (Å²) in [5, 5.41) is 0. The first-order valence-electron chi connectivity index (χ1n) is 3.26. The number of nitrogens with two attached hydrogens (primary N) is 1. The fraction of sp³-hybridized carbons (Fsp3) is 0.571. The zero-order chi connectivity index (χ0) is 7.98. The minimum atomic E-state index is -0.434. The Morgan fingerprint density at radius 1 is 1.70 bits per heavy atom. The van der Waals surface area contributed by atoms with Crippen LogP contribution in [0.3, 0.4) is 0 Å². The topological polar surface area (TPSA) is 52.3 Å². The molecule has 0 fully saturated rings. The van der Waals surface area contributed by atoms with Gasteiger partial charge in [-0.2, -0.15) is 0 Å². The highest BCUT2D eigenvalue weighted by Crippen LogP contribution is 1.91. The molecule has 0 aromatic carbocycles. The number of rotatable bonds is 4. The van der Waals surface area contributed by atoms with E-state index in [0.717, 1.165) is 6.42 Å². The Morgan fingerprint density at radius 2 is 2.30 bits per heavy atom. The van der Waals surface area contributed by atoms with Crippen LogP contribution in [0, 0.1) is 0 Å². The van der Waals surface area contributed by atoms with E-state index in [4.69, 9.17) is 10.5 Å². The standard InChI is InChI=1S/C7H13NO2/c1-3-4-10-5-6(2)7(8)9/h5H,3-4H2,1-2H3,(H2,8,9)/b6-5+. The molecule has 3 nitrogen and oxygen atoms in total. The summed E-state index contributed by atoms with van der Waals surface area (Å²) >= 11 is 0. The van der Waals surface area contributed by atoms with E-state index < -0.39 is 5.91 Å². The smallest absolute Gasteiger partial charge is 0.247 e. The first kappa shape index (κ1) is 9.01. The fourth-order valence-corrected chi connectivity index (χ4v) is 0.360. The lowest BCUT2D eigenvalue weighted by atomic mass is 10.3. The van der Waals surface area contributed by atoms with E-state index in [0.29, 0.717) is 12.2 Å². The normalized spacial score (nSPS) is 11.2. The Kier molecular flexibility index (Phi) is 4.37. The number of hydrogen-bond donors (Lipinski definition) is 1. The van der Waals surface area contributed by atoms with Crippen molar-refractivity contribution in [2.24, 2.45) is 5.73 Å². The van der Waals surface area contributed by atoms with E-state index >= 15 is 0 Å². The zero-order valence-electron chi connectivity index (χ0n) is 6.39. The van der Waals surface area contributed by atoms with Crippen LogP contribution in [-0.2, 0) is 9.53 Å². The lowest BCUT2D eigenvalue weighted by molar-refractivity contribution is -0.114. The monoisotopic (exact) mass is 143 g/mol. The maximum atomic E-state index is 10.4.